The Balaban J connectivity index is 2.25. The van der Waals surface area contributed by atoms with Crippen molar-refractivity contribution in [3.63, 3.8) is 0 Å². The van der Waals surface area contributed by atoms with E-state index in [2.05, 4.69) is 57.5 Å². The van der Waals surface area contributed by atoms with Gasteiger partial charge in [0.25, 0.3) is 0 Å². The summed E-state index contributed by atoms with van der Waals surface area (Å²) in [5.41, 5.74) is 4.53. The van der Waals surface area contributed by atoms with Gasteiger partial charge >= 0.3 is 0 Å². The van der Waals surface area contributed by atoms with Gasteiger partial charge in [-0.15, -0.1) is 0 Å². The average Bonchev–Trinajstić information content (AvgIpc) is 2.47. The van der Waals surface area contributed by atoms with E-state index in [0.717, 1.165) is 6.42 Å². The van der Waals surface area contributed by atoms with Crippen molar-refractivity contribution in [2.24, 2.45) is 5.41 Å². The molecule has 0 saturated heterocycles. The Bertz CT molecular complexity index is 364. The molecule has 1 aliphatic carbocycles. The van der Waals surface area contributed by atoms with Crippen LogP contribution in [0.2, 0.25) is 0 Å². The average molecular weight is 185 g/mol. The first-order valence-corrected chi connectivity index (χ1v) is 5.19. The Hall–Kier alpha value is -1.04. The van der Waals surface area contributed by atoms with Crippen LogP contribution in [-0.4, -0.2) is 0 Å². The van der Waals surface area contributed by atoms with Gasteiger partial charge in [-0.25, -0.2) is 0 Å². The predicted molar refractivity (Wildman–Crippen MR) is 62.0 cm³/mol. The van der Waals surface area contributed by atoms with E-state index in [9.17, 15) is 0 Å². The standard InChI is InChI=1S/C14H17/c1-14(2,3)10-11-7-8-12-5-4-6-13(12)9-11/h4-9H,10H2,1-3H3. The summed E-state index contributed by atoms with van der Waals surface area (Å²) >= 11 is 0. The molecular weight excluding hydrogens is 168 g/mol. The van der Waals surface area contributed by atoms with E-state index in [-0.39, 0.29) is 0 Å². The van der Waals surface area contributed by atoms with Crippen LogP contribution in [0.3, 0.4) is 0 Å². The zero-order valence-electron chi connectivity index (χ0n) is 9.17. The van der Waals surface area contributed by atoms with E-state index in [1.165, 1.54) is 16.7 Å². The summed E-state index contributed by atoms with van der Waals surface area (Å²) in [6.07, 6.45) is 7.61. The van der Waals surface area contributed by atoms with Gasteiger partial charge in [0, 0.05) is 6.42 Å². The molecule has 2 rings (SSSR count). The Morgan fingerprint density at radius 1 is 1.07 bits per heavy atom. The Labute approximate surface area is 86.7 Å². The monoisotopic (exact) mass is 185 g/mol. The molecule has 1 aromatic carbocycles. The van der Waals surface area contributed by atoms with Crippen LogP contribution in [-0.2, 0) is 6.42 Å². The molecule has 0 aliphatic heterocycles. The maximum absolute atomic E-state index is 2.31. The first kappa shape index (κ1) is 9.51. The lowest BCUT2D eigenvalue weighted by atomic mass is 9.87. The lowest BCUT2D eigenvalue weighted by Crippen LogP contribution is -2.09. The van der Waals surface area contributed by atoms with Gasteiger partial charge in [-0.05, 0) is 28.5 Å². The van der Waals surface area contributed by atoms with E-state index in [1.54, 1.807) is 0 Å². The zero-order chi connectivity index (χ0) is 10.2. The fourth-order valence-electron chi connectivity index (χ4n) is 1.90. The van der Waals surface area contributed by atoms with E-state index < -0.39 is 0 Å². The normalized spacial score (nSPS) is 14.5. The Morgan fingerprint density at radius 3 is 2.57 bits per heavy atom. The smallest absolute Gasteiger partial charge is 0.0131 e. The van der Waals surface area contributed by atoms with Gasteiger partial charge in [-0.1, -0.05) is 51.1 Å². The summed E-state index contributed by atoms with van der Waals surface area (Å²) in [6.45, 7) is 6.84. The number of rotatable bonds is 1. The summed E-state index contributed by atoms with van der Waals surface area (Å²) in [5.74, 6) is 0. The number of hydrogen-bond acceptors (Lipinski definition) is 0. The van der Waals surface area contributed by atoms with Gasteiger partial charge in [0.15, 0.2) is 0 Å². The Morgan fingerprint density at radius 2 is 1.86 bits per heavy atom. The summed E-state index contributed by atoms with van der Waals surface area (Å²) in [7, 11) is 0. The number of benzene rings is 1. The molecule has 14 heavy (non-hydrogen) atoms. The highest BCUT2D eigenvalue weighted by Gasteiger charge is 2.13. The van der Waals surface area contributed by atoms with E-state index >= 15 is 0 Å². The molecular formula is C14H17. The lowest BCUT2D eigenvalue weighted by Gasteiger charge is -2.18. The van der Waals surface area contributed by atoms with Gasteiger partial charge in [-0.3, -0.25) is 0 Å². The van der Waals surface area contributed by atoms with Gasteiger partial charge in [0.05, 0.1) is 0 Å². The fraction of sp³-hybridized carbons (Fsp3) is 0.357. The van der Waals surface area contributed by atoms with E-state index in [0.29, 0.717) is 5.41 Å². The SMILES string of the molecule is CC(C)(C)Cc1ccc2c(c1)C=C[CH]2. The van der Waals surface area contributed by atoms with Crippen molar-refractivity contribution < 1.29 is 0 Å². The molecule has 0 N–H and O–H groups in total. The van der Waals surface area contributed by atoms with Crippen molar-refractivity contribution in [1.29, 1.82) is 0 Å². The molecule has 0 bridgehead atoms. The second-order valence-electron chi connectivity index (χ2n) is 5.23. The molecule has 1 aliphatic rings. The largest absolute Gasteiger partial charge is 0.0755 e. The van der Waals surface area contributed by atoms with Gasteiger partial charge < -0.3 is 0 Å². The van der Waals surface area contributed by atoms with Crippen LogP contribution < -0.4 is 0 Å². The lowest BCUT2D eigenvalue weighted by molar-refractivity contribution is 0.411. The molecule has 0 saturated carbocycles. The van der Waals surface area contributed by atoms with Gasteiger partial charge in [-0.2, -0.15) is 0 Å². The number of fused-ring (bicyclic) bond motifs is 1. The third-order valence-electron chi connectivity index (χ3n) is 2.44. The molecule has 0 unspecified atom stereocenters. The summed E-state index contributed by atoms with van der Waals surface area (Å²) in [5, 5.41) is 0. The summed E-state index contributed by atoms with van der Waals surface area (Å²) in [6, 6.07) is 6.77. The molecule has 0 aromatic heterocycles. The highest BCUT2D eigenvalue weighted by atomic mass is 14.2. The van der Waals surface area contributed by atoms with Crippen molar-refractivity contribution in [3.8, 4) is 0 Å². The molecule has 0 nitrogen and oxygen atoms in total. The molecule has 0 atom stereocenters. The first-order chi connectivity index (χ1) is 6.54. The van der Waals surface area contributed by atoms with Crippen LogP contribution >= 0.6 is 0 Å². The third kappa shape index (κ3) is 2.06. The topological polar surface area (TPSA) is 0 Å². The minimum absolute atomic E-state index is 0.375. The second kappa shape index (κ2) is 3.27. The van der Waals surface area contributed by atoms with Crippen molar-refractivity contribution in [3.05, 3.63) is 47.4 Å². The summed E-state index contributed by atoms with van der Waals surface area (Å²) in [4.78, 5) is 0. The third-order valence-corrected chi connectivity index (χ3v) is 2.44. The highest BCUT2D eigenvalue weighted by Crippen LogP contribution is 2.26. The molecule has 0 fully saturated rings. The number of hydrogen-bond donors (Lipinski definition) is 0. The minimum Gasteiger partial charge on any atom is -0.0755 e. The van der Waals surface area contributed by atoms with Gasteiger partial charge in [0.2, 0.25) is 0 Å². The zero-order valence-corrected chi connectivity index (χ0v) is 9.17. The van der Waals surface area contributed by atoms with Crippen molar-refractivity contribution in [1.82, 2.24) is 0 Å². The molecule has 0 spiro atoms. The van der Waals surface area contributed by atoms with Gasteiger partial charge in [0.1, 0.15) is 0 Å². The molecule has 0 amide bonds. The quantitative estimate of drug-likeness (QED) is 0.623. The molecule has 73 valence electrons. The molecule has 0 heteroatoms. The Kier molecular flexibility index (Phi) is 2.22. The molecule has 1 aromatic rings. The minimum atomic E-state index is 0.375. The molecule has 1 radical (unpaired) electrons. The first-order valence-electron chi connectivity index (χ1n) is 5.19. The maximum atomic E-state index is 2.31. The maximum Gasteiger partial charge on any atom is 0.0131 e. The van der Waals surface area contributed by atoms with Crippen LogP contribution in [0.25, 0.3) is 6.08 Å². The van der Waals surface area contributed by atoms with Crippen molar-refractivity contribution in [2.75, 3.05) is 0 Å². The van der Waals surface area contributed by atoms with Crippen LogP contribution in [0.4, 0.5) is 0 Å². The van der Waals surface area contributed by atoms with E-state index in [1.807, 2.05) is 0 Å². The van der Waals surface area contributed by atoms with Crippen molar-refractivity contribution >= 4 is 6.08 Å². The van der Waals surface area contributed by atoms with Crippen LogP contribution in [0.15, 0.2) is 24.3 Å². The van der Waals surface area contributed by atoms with E-state index in [4.69, 9.17) is 0 Å². The second-order valence-corrected chi connectivity index (χ2v) is 5.23. The van der Waals surface area contributed by atoms with Crippen LogP contribution in [0.5, 0.6) is 0 Å². The fourth-order valence-corrected chi connectivity index (χ4v) is 1.90. The van der Waals surface area contributed by atoms with Crippen molar-refractivity contribution in [2.45, 2.75) is 27.2 Å². The highest BCUT2D eigenvalue weighted by molar-refractivity contribution is 5.65. The number of allylic oxidation sites excluding steroid dienone is 1. The summed E-state index contributed by atoms with van der Waals surface area (Å²) < 4.78 is 0. The predicted octanol–water partition coefficient (Wildman–Crippen LogP) is 3.85. The molecule has 0 heterocycles. The van der Waals surface area contributed by atoms with Crippen LogP contribution in [0, 0.1) is 11.8 Å². The van der Waals surface area contributed by atoms with Crippen LogP contribution in [0.1, 0.15) is 37.5 Å².